The van der Waals surface area contributed by atoms with Crippen LogP contribution in [0.4, 0.5) is 0 Å². The van der Waals surface area contributed by atoms with Crippen LogP contribution >= 0.6 is 11.8 Å². The SMILES string of the molecule is COc1cc(C(=O)O)ccc1S(=O)(=O)NCCCCSC. The van der Waals surface area contributed by atoms with Crippen LogP contribution in [0, 0.1) is 0 Å². The first-order chi connectivity index (χ1) is 9.92. The van der Waals surface area contributed by atoms with Crippen LogP contribution in [0.5, 0.6) is 5.75 Å². The van der Waals surface area contributed by atoms with Gasteiger partial charge in [0.05, 0.1) is 12.7 Å². The van der Waals surface area contributed by atoms with Crippen LogP contribution in [0.15, 0.2) is 23.1 Å². The zero-order chi connectivity index (χ0) is 15.9. The summed E-state index contributed by atoms with van der Waals surface area (Å²) >= 11 is 1.71. The molecule has 0 spiro atoms. The Bertz CT molecular complexity index is 586. The van der Waals surface area contributed by atoms with Gasteiger partial charge in [0.15, 0.2) is 0 Å². The number of ether oxygens (including phenoxy) is 1. The van der Waals surface area contributed by atoms with Crippen LogP contribution in [0.25, 0.3) is 0 Å². The molecule has 0 atom stereocenters. The van der Waals surface area contributed by atoms with Gasteiger partial charge in [0.25, 0.3) is 0 Å². The Balaban J connectivity index is 2.85. The molecule has 0 radical (unpaired) electrons. The molecule has 0 aromatic heterocycles. The Morgan fingerprint density at radius 2 is 2.10 bits per heavy atom. The molecule has 0 saturated heterocycles. The minimum atomic E-state index is -3.71. The number of rotatable bonds is 9. The van der Waals surface area contributed by atoms with Gasteiger partial charge in [-0.2, -0.15) is 11.8 Å². The lowest BCUT2D eigenvalue weighted by Crippen LogP contribution is -2.25. The molecule has 0 unspecified atom stereocenters. The third kappa shape index (κ3) is 5.22. The summed E-state index contributed by atoms with van der Waals surface area (Å²) in [7, 11) is -2.40. The molecule has 0 amide bonds. The summed E-state index contributed by atoms with van der Waals surface area (Å²) in [5.41, 5.74) is -0.0224. The van der Waals surface area contributed by atoms with Crippen molar-refractivity contribution in [1.29, 1.82) is 0 Å². The molecule has 6 nitrogen and oxygen atoms in total. The van der Waals surface area contributed by atoms with E-state index in [4.69, 9.17) is 9.84 Å². The van der Waals surface area contributed by atoms with E-state index in [0.29, 0.717) is 6.54 Å². The van der Waals surface area contributed by atoms with Crippen molar-refractivity contribution >= 4 is 27.8 Å². The monoisotopic (exact) mass is 333 g/mol. The van der Waals surface area contributed by atoms with Crippen LogP contribution in [0.3, 0.4) is 0 Å². The predicted octanol–water partition coefficient (Wildman–Crippen LogP) is 1.81. The molecule has 2 N–H and O–H groups in total. The van der Waals surface area contributed by atoms with Gasteiger partial charge < -0.3 is 9.84 Å². The van der Waals surface area contributed by atoms with Crippen molar-refractivity contribution < 1.29 is 23.1 Å². The Morgan fingerprint density at radius 3 is 2.67 bits per heavy atom. The molecule has 0 saturated carbocycles. The second kappa shape index (κ2) is 8.26. The number of aromatic carboxylic acids is 1. The average Bonchev–Trinajstić information content (AvgIpc) is 2.46. The van der Waals surface area contributed by atoms with Gasteiger partial charge in [-0.25, -0.2) is 17.9 Å². The van der Waals surface area contributed by atoms with Gasteiger partial charge in [0.1, 0.15) is 10.6 Å². The standard InChI is InChI=1S/C13H19NO5S2/c1-19-11-9-10(13(15)16)5-6-12(11)21(17,18)14-7-3-4-8-20-2/h5-6,9,14H,3-4,7-8H2,1-2H3,(H,15,16). The van der Waals surface area contributed by atoms with E-state index in [-0.39, 0.29) is 16.2 Å². The number of unbranched alkanes of at least 4 members (excludes halogenated alkanes) is 1. The number of nitrogens with one attached hydrogen (secondary N) is 1. The van der Waals surface area contributed by atoms with E-state index in [9.17, 15) is 13.2 Å². The van der Waals surface area contributed by atoms with E-state index in [2.05, 4.69) is 4.72 Å². The predicted molar refractivity (Wildman–Crippen MR) is 82.8 cm³/mol. The second-order valence-corrected chi connectivity index (χ2v) is 6.99. The number of benzene rings is 1. The van der Waals surface area contributed by atoms with Crippen molar-refractivity contribution in [3.8, 4) is 5.75 Å². The van der Waals surface area contributed by atoms with Crippen molar-refractivity contribution in [2.45, 2.75) is 17.7 Å². The summed E-state index contributed by atoms with van der Waals surface area (Å²) in [6, 6.07) is 3.68. The molecule has 1 rings (SSSR count). The van der Waals surface area contributed by atoms with Gasteiger partial charge in [-0.15, -0.1) is 0 Å². The summed E-state index contributed by atoms with van der Waals surface area (Å²) in [6.07, 6.45) is 3.67. The summed E-state index contributed by atoms with van der Waals surface area (Å²) in [6.45, 7) is 0.340. The first-order valence-electron chi connectivity index (χ1n) is 6.32. The zero-order valence-electron chi connectivity index (χ0n) is 12.0. The van der Waals surface area contributed by atoms with E-state index in [1.807, 2.05) is 6.26 Å². The third-order valence-corrected chi connectivity index (χ3v) is 4.96. The number of carboxylic acid groups (broad SMARTS) is 1. The van der Waals surface area contributed by atoms with Crippen LogP contribution in [-0.2, 0) is 10.0 Å². The minimum Gasteiger partial charge on any atom is -0.495 e. The van der Waals surface area contributed by atoms with Crippen molar-refractivity contribution in [2.75, 3.05) is 25.7 Å². The fourth-order valence-electron chi connectivity index (χ4n) is 1.68. The Labute approximate surface area is 128 Å². The first kappa shape index (κ1) is 17.8. The third-order valence-electron chi connectivity index (χ3n) is 2.77. The zero-order valence-corrected chi connectivity index (χ0v) is 13.6. The van der Waals surface area contributed by atoms with E-state index < -0.39 is 16.0 Å². The normalized spacial score (nSPS) is 11.3. The molecule has 1 aromatic carbocycles. The molecule has 0 fully saturated rings. The van der Waals surface area contributed by atoms with E-state index >= 15 is 0 Å². The van der Waals surface area contributed by atoms with Crippen LogP contribution in [0.2, 0.25) is 0 Å². The maximum absolute atomic E-state index is 12.2. The Hall–Kier alpha value is -1.25. The van der Waals surface area contributed by atoms with E-state index in [1.165, 1.54) is 25.3 Å². The highest BCUT2D eigenvalue weighted by atomic mass is 32.2. The summed E-state index contributed by atoms with van der Waals surface area (Å²) in [4.78, 5) is 10.8. The average molecular weight is 333 g/mol. The van der Waals surface area contributed by atoms with Crippen molar-refractivity contribution in [3.63, 3.8) is 0 Å². The number of carbonyl (C=O) groups is 1. The van der Waals surface area contributed by atoms with Crippen LogP contribution in [-0.4, -0.2) is 45.2 Å². The van der Waals surface area contributed by atoms with Gasteiger partial charge in [-0.05, 0) is 43.0 Å². The summed E-state index contributed by atoms with van der Waals surface area (Å²) < 4.78 is 31.8. The topological polar surface area (TPSA) is 92.7 Å². The number of carboxylic acids is 1. The van der Waals surface area contributed by atoms with Crippen LogP contribution < -0.4 is 9.46 Å². The minimum absolute atomic E-state index is 0.0199. The first-order valence-corrected chi connectivity index (χ1v) is 9.20. The number of hydrogen-bond donors (Lipinski definition) is 2. The van der Waals surface area contributed by atoms with Crippen molar-refractivity contribution in [1.82, 2.24) is 4.72 Å². The molecule has 118 valence electrons. The lowest BCUT2D eigenvalue weighted by atomic mass is 10.2. The van der Waals surface area contributed by atoms with E-state index in [1.54, 1.807) is 11.8 Å². The molecular weight excluding hydrogens is 314 g/mol. The molecule has 0 aliphatic carbocycles. The quantitative estimate of drug-likeness (QED) is 0.670. The van der Waals surface area contributed by atoms with Crippen molar-refractivity contribution in [2.24, 2.45) is 0 Å². The van der Waals surface area contributed by atoms with Gasteiger partial charge >= 0.3 is 5.97 Å². The molecule has 1 aromatic rings. The van der Waals surface area contributed by atoms with Crippen LogP contribution in [0.1, 0.15) is 23.2 Å². The smallest absolute Gasteiger partial charge is 0.335 e. The van der Waals surface area contributed by atoms with Gasteiger partial charge in [-0.3, -0.25) is 0 Å². The lowest BCUT2D eigenvalue weighted by Gasteiger charge is -2.11. The number of methoxy groups -OCH3 is 1. The highest BCUT2D eigenvalue weighted by Crippen LogP contribution is 2.24. The highest BCUT2D eigenvalue weighted by molar-refractivity contribution is 7.98. The maximum atomic E-state index is 12.2. The highest BCUT2D eigenvalue weighted by Gasteiger charge is 2.20. The van der Waals surface area contributed by atoms with Gasteiger partial charge in [-0.1, -0.05) is 0 Å². The van der Waals surface area contributed by atoms with Gasteiger partial charge in [0.2, 0.25) is 10.0 Å². The summed E-state index contributed by atoms with van der Waals surface area (Å²) in [5.74, 6) is -0.132. The van der Waals surface area contributed by atoms with Crippen molar-refractivity contribution in [3.05, 3.63) is 23.8 Å². The second-order valence-electron chi connectivity index (χ2n) is 4.27. The fraction of sp³-hybridized carbons (Fsp3) is 0.462. The lowest BCUT2D eigenvalue weighted by molar-refractivity contribution is 0.0696. The molecule has 8 heteroatoms. The molecule has 21 heavy (non-hydrogen) atoms. The Kier molecular flexibility index (Phi) is 7.00. The fourth-order valence-corrected chi connectivity index (χ4v) is 3.39. The largest absolute Gasteiger partial charge is 0.495 e. The molecule has 0 aliphatic rings. The maximum Gasteiger partial charge on any atom is 0.335 e. The number of hydrogen-bond acceptors (Lipinski definition) is 5. The van der Waals surface area contributed by atoms with Gasteiger partial charge in [0, 0.05) is 6.54 Å². The number of thioether (sulfide) groups is 1. The molecule has 0 bridgehead atoms. The molecule has 0 aliphatic heterocycles. The Morgan fingerprint density at radius 1 is 1.38 bits per heavy atom. The summed E-state index contributed by atoms with van der Waals surface area (Å²) in [5, 5.41) is 8.90. The molecular formula is C13H19NO5S2. The number of sulfonamides is 1. The van der Waals surface area contributed by atoms with E-state index in [0.717, 1.165) is 18.6 Å². The molecule has 0 heterocycles.